The Morgan fingerprint density at radius 3 is 2.47 bits per heavy atom. The molecule has 0 aliphatic carbocycles. The van der Waals surface area contributed by atoms with Gasteiger partial charge in [0.1, 0.15) is 5.75 Å². The van der Waals surface area contributed by atoms with Crippen LogP contribution in [0.5, 0.6) is 5.75 Å². The number of halogens is 3. The summed E-state index contributed by atoms with van der Waals surface area (Å²) < 4.78 is 74.0. The van der Waals surface area contributed by atoms with Gasteiger partial charge in [0.25, 0.3) is 0 Å². The molecule has 0 radical (unpaired) electrons. The zero-order valence-corrected chi connectivity index (χ0v) is 17.6. The Morgan fingerprint density at radius 2 is 1.81 bits per heavy atom. The molecule has 2 heterocycles. The van der Waals surface area contributed by atoms with Crippen molar-refractivity contribution in [2.45, 2.75) is 29.8 Å². The highest BCUT2D eigenvalue weighted by atomic mass is 32.2. The van der Waals surface area contributed by atoms with E-state index in [1.165, 1.54) is 24.3 Å². The van der Waals surface area contributed by atoms with E-state index in [1.807, 2.05) is 11.9 Å². The SMILES string of the molecule is CN1CC(NS(=O)(=O)c2ccccc2)CC1c1nc(-c2ccc(OC(F)(F)F)cc2)no1. The normalized spacial score (nSPS) is 19.9. The number of ether oxygens (including phenoxy) is 1. The fourth-order valence-electron chi connectivity index (χ4n) is 3.55. The van der Waals surface area contributed by atoms with Crippen molar-refractivity contribution in [2.75, 3.05) is 13.6 Å². The molecule has 2 aromatic carbocycles. The van der Waals surface area contributed by atoms with Gasteiger partial charge >= 0.3 is 6.36 Å². The monoisotopic (exact) mass is 468 g/mol. The molecule has 0 amide bonds. The number of nitrogens with one attached hydrogen (secondary N) is 1. The molecule has 8 nitrogen and oxygen atoms in total. The summed E-state index contributed by atoms with van der Waals surface area (Å²) in [6, 6.07) is 12.5. The summed E-state index contributed by atoms with van der Waals surface area (Å²) in [6.45, 7) is 0.442. The number of nitrogens with zero attached hydrogens (tertiary/aromatic N) is 3. The van der Waals surface area contributed by atoms with Gasteiger partial charge in [0.05, 0.1) is 10.9 Å². The average molecular weight is 468 g/mol. The van der Waals surface area contributed by atoms with E-state index in [2.05, 4.69) is 19.6 Å². The zero-order valence-electron chi connectivity index (χ0n) is 16.8. The van der Waals surface area contributed by atoms with E-state index in [1.54, 1.807) is 18.2 Å². The van der Waals surface area contributed by atoms with E-state index in [0.29, 0.717) is 24.4 Å². The summed E-state index contributed by atoms with van der Waals surface area (Å²) in [5.74, 6) is 0.147. The first-order valence-electron chi connectivity index (χ1n) is 9.58. The summed E-state index contributed by atoms with van der Waals surface area (Å²) in [4.78, 5) is 6.43. The van der Waals surface area contributed by atoms with Gasteiger partial charge in [-0.25, -0.2) is 13.1 Å². The lowest BCUT2D eigenvalue weighted by Gasteiger charge is -2.14. The highest BCUT2D eigenvalue weighted by Gasteiger charge is 2.36. The molecular formula is C20H19F3N4O4S. The van der Waals surface area contributed by atoms with E-state index in [0.717, 1.165) is 12.1 Å². The molecule has 1 aromatic heterocycles. The largest absolute Gasteiger partial charge is 0.573 e. The van der Waals surface area contributed by atoms with Crippen LogP contribution in [0, 0.1) is 0 Å². The Kier molecular flexibility index (Phi) is 5.93. The van der Waals surface area contributed by atoms with E-state index in [-0.39, 0.29) is 28.6 Å². The van der Waals surface area contributed by atoms with Crippen molar-refractivity contribution in [3.8, 4) is 17.1 Å². The van der Waals surface area contributed by atoms with Crippen molar-refractivity contribution in [3.05, 3.63) is 60.5 Å². The number of likely N-dealkylation sites (tertiary alicyclic amines) is 1. The highest BCUT2D eigenvalue weighted by Crippen LogP contribution is 2.32. The van der Waals surface area contributed by atoms with Crippen LogP contribution in [0.1, 0.15) is 18.4 Å². The number of aromatic nitrogens is 2. The topological polar surface area (TPSA) is 97.6 Å². The van der Waals surface area contributed by atoms with Crippen LogP contribution < -0.4 is 9.46 Å². The van der Waals surface area contributed by atoms with Gasteiger partial charge in [0.2, 0.25) is 21.7 Å². The average Bonchev–Trinajstić information content (AvgIpc) is 3.34. The Balaban J connectivity index is 1.44. The number of rotatable bonds is 6. The van der Waals surface area contributed by atoms with Crippen LogP contribution in [-0.4, -0.2) is 49.5 Å². The van der Waals surface area contributed by atoms with Gasteiger partial charge in [-0.05, 0) is 49.9 Å². The first-order chi connectivity index (χ1) is 15.1. The number of hydrogen-bond donors (Lipinski definition) is 1. The molecule has 2 unspecified atom stereocenters. The van der Waals surface area contributed by atoms with Crippen molar-refractivity contribution < 1.29 is 30.8 Å². The second kappa shape index (κ2) is 8.52. The van der Waals surface area contributed by atoms with Crippen LogP contribution in [0.4, 0.5) is 13.2 Å². The molecular weight excluding hydrogens is 449 g/mol. The fourth-order valence-corrected chi connectivity index (χ4v) is 4.82. The minimum absolute atomic E-state index is 0.184. The summed E-state index contributed by atoms with van der Waals surface area (Å²) in [5, 5.41) is 3.90. The quantitative estimate of drug-likeness (QED) is 0.593. The summed E-state index contributed by atoms with van der Waals surface area (Å²) in [5.41, 5.74) is 0.455. The standard InChI is InChI=1S/C20H19F3N4O4S/c1-27-12-14(26-32(28,29)16-5-3-2-4-6-16)11-17(27)19-24-18(25-31-19)13-7-9-15(10-8-13)30-20(21,22)23/h2-10,14,17,26H,11-12H2,1H3. The minimum atomic E-state index is -4.77. The third-order valence-electron chi connectivity index (χ3n) is 5.00. The van der Waals surface area contributed by atoms with Crippen LogP contribution in [0.3, 0.4) is 0 Å². The molecule has 32 heavy (non-hydrogen) atoms. The molecule has 3 aromatic rings. The molecule has 0 spiro atoms. The van der Waals surface area contributed by atoms with Crippen LogP contribution in [0.15, 0.2) is 64.0 Å². The van der Waals surface area contributed by atoms with Crippen molar-refractivity contribution in [3.63, 3.8) is 0 Å². The predicted octanol–water partition coefficient (Wildman–Crippen LogP) is 3.36. The Hall–Kier alpha value is -2.96. The summed E-state index contributed by atoms with van der Waals surface area (Å²) >= 11 is 0. The third-order valence-corrected chi connectivity index (χ3v) is 6.53. The maximum absolute atomic E-state index is 12.6. The molecule has 2 atom stereocenters. The molecule has 4 rings (SSSR count). The van der Waals surface area contributed by atoms with Crippen molar-refractivity contribution in [1.82, 2.24) is 19.8 Å². The van der Waals surface area contributed by atoms with Crippen molar-refractivity contribution in [1.29, 1.82) is 0 Å². The molecule has 1 N–H and O–H groups in total. The van der Waals surface area contributed by atoms with E-state index < -0.39 is 16.4 Å². The molecule has 170 valence electrons. The van der Waals surface area contributed by atoms with Crippen molar-refractivity contribution in [2.24, 2.45) is 0 Å². The number of benzene rings is 2. The van der Waals surface area contributed by atoms with Gasteiger partial charge in [0.15, 0.2) is 0 Å². The maximum Gasteiger partial charge on any atom is 0.573 e. The minimum Gasteiger partial charge on any atom is -0.406 e. The molecule has 1 aliphatic heterocycles. The van der Waals surface area contributed by atoms with Gasteiger partial charge in [-0.2, -0.15) is 4.98 Å². The zero-order chi connectivity index (χ0) is 22.9. The van der Waals surface area contributed by atoms with Crippen LogP contribution in [0.25, 0.3) is 11.4 Å². The second-order valence-corrected chi connectivity index (χ2v) is 9.06. The van der Waals surface area contributed by atoms with E-state index >= 15 is 0 Å². The summed E-state index contributed by atoms with van der Waals surface area (Å²) in [7, 11) is -1.85. The fraction of sp³-hybridized carbons (Fsp3) is 0.300. The Morgan fingerprint density at radius 1 is 1.12 bits per heavy atom. The first-order valence-corrected chi connectivity index (χ1v) is 11.1. The molecule has 0 bridgehead atoms. The van der Waals surface area contributed by atoms with Crippen LogP contribution in [-0.2, 0) is 10.0 Å². The Bertz CT molecular complexity index is 1170. The van der Waals surface area contributed by atoms with E-state index in [4.69, 9.17) is 4.52 Å². The molecule has 12 heteroatoms. The van der Waals surface area contributed by atoms with Crippen LogP contribution >= 0.6 is 0 Å². The van der Waals surface area contributed by atoms with Gasteiger partial charge in [-0.15, -0.1) is 13.2 Å². The lowest BCUT2D eigenvalue weighted by molar-refractivity contribution is -0.274. The summed E-state index contributed by atoms with van der Waals surface area (Å²) in [6.07, 6.45) is -4.35. The second-order valence-electron chi connectivity index (χ2n) is 7.35. The molecule has 1 aliphatic rings. The number of sulfonamides is 1. The van der Waals surface area contributed by atoms with Gasteiger partial charge in [-0.3, -0.25) is 4.90 Å². The lowest BCUT2D eigenvalue weighted by Crippen LogP contribution is -2.36. The number of alkyl halides is 3. The lowest BCUT2D eigenvalue weighted by atomic mass is 10.2. The number of likely N-dealkylation sites (N-methyl/N-ethyl adjacent to an activating group) is 1. The van der Waals surface area contributed by atoms with Crippen LogP contribution in [0.2, 0.25) is 0 Å². The van der Waals surface area contributed by atoms with Gasteiger partial charge < -0.3 is 9.26 Å². The highest BCUT2D eigenvalue weighted by molar-refractivity contribution is 7.89. The third kappa shape index (κ3) is 5.09. The molecule has 1 saturated heterocycles. The van der Waals surface area contributed by atoms with E-state index in [9.17, 15) is 21.6 Å². The molecule has 1 fully saturated rings. The Labute approximate surface area is 182 Å². The smallest absolute Gasteiger partial charge is 0.406 e. The first kappa shape index (κ1) is 22.2. The number of hydrogen-bond acceptors (Lipinski definition) is 7. The predicted molar refractivity (Wildman–Crippen MR) is 107 cm³/mol. The maximum atomic E-state index is 12.6. The van der Waals surface area contributed by atoms with Gasteiger partial charge in [0, 0.05) is 18.2 Å². The van der Waals surface area contributed by atoms with Gasteiger partial charge in [-0.1, -0.05) is 23.4 Å². The molecule has 0 saturated carbocycles. The van der Waals surface area contributed by atoms with Crippen molar-refractivity contribution >= 4 is 10.0 Å².